The summed E-state index contributed by atoms with van der Waals surface area (Å²) in [7, 11) is 1.16. The Bertz CT molecular complexity index is 961. The first-order valence-electron chi connectivity index (χ1n) is 9.68. The lowest BCUT2D eigenvalue weighted by molar-refractivity contribution is -0.142. The van der Waals surface area contributed by atoms with Crippen molar-refractivity contribution in [2.75, 3.05) is 7.11 Å². The third-order valence-electron chi connectivity index (χ3n) is 4.29. The summed E-state index contributed by atoms with van der Waals surface area (Å²) >= 11 is 0. The van der Waals surface area contributed by atoms with E-state index in [1.807, 2.05) is 0 Å². The quantitative estimate of drug-likeness (QED) is 0.667. The van der Waals surface area contributed by atoms with Crippen LogP contribution in [0.3, 0.4) is 0 Å². The van der Waals surface area contributed by atoms with Gasteiger partial charge in [-0.2, -0.15) is 13.2 Å². The highest BCUT2D eigenvalue weighted by Gasteiger charge is 2.30. The minimum absolute atomic E-state index is 0.0350. The Morgan fingerprint density at radius 1 is 0.906 bits per heavy atom. The molecule has 0 radical (unpaired) electrons. The van der Waals surface area contributed by atoms with Gasteiger partial charge < -0.3 is 14.8 Å². The van der Waals surface area contributed by atoms with E-state index in [0.717, 1.165) is 31.4 Å². The second-order valence-corrected chi connectivity index (χ2v) is 8.03. The van der Waals surface area contributed by atoms with Gasteiger partial charge in [0.05, 0.1) is 18.2 Å². The summed E-state index contributed by atoms with van der Waals surface area (Å²) in [5, 5.41) is 2.47. The van der Waals surface area contributed by atoms with Crippen molar-refractivity contribution >= 4 is 17.8 Å². The van der Waals surface area contributed by atoms with Crippen LogP contribution in [-0.2, 0) is 26.9 Å². The van der Waals surface area contributed by atoms with E-state index < -0.39 is 41.2 Å². The van der Waals surface area contributed by atoms with E-state index in [0.29, 0.717) is 11.1 Å². The van der Waals surface area contributed by atoms with Crippen molar-refractivity contribution in [3.8, 4) is 0 Å². The largest absolute Gasteiger partial charge is 0.467 e. The number of ether oxygens (including phenoxy) is 2. The van der Waals surface area contributed by atoms with Crippen LogP contribution in [0.4, 0.5) is 13.2 Å². The Kier molecular flexibility index (Phi) is 7.66. The number of amides is 1. The Morgan fingerprint density at radius 2 is 1.44 bits per heavy atom. The number of carbonyl (C=O) groups is 3. The molecule has 0 aliphatic carbocycles. The van der Waals surface area contributed by atoms with Crippen LogP contribution in [0, 0.1) is 0 Å². The lowest BCUT2D eigenvalue weighted by Crippen LogP contribution is -2.43. The number of hydrogen-bond acceptors (Lipinski definition) is 5. The average molecular weight is 451 g/mol. The fourth-order valence-electron chi connectivity index (χ4n) is 2.74. The third kappa shape index (κ3) is 7.11. The van der Waals surface area contributed by atoms with Crippen LogP contribution in [0.25, 0.3) is 0 Å². The second kappa shape index (κ2) is 9.84. The molecule has 2 aromatic rings. The maximum atomic E-state index is 12.7. The predicted molar refractivity (Wildman–Crippen MR) is 110 cm³/mol. The van der Waals surface area contributed by atoms with Gasteiger partial charge in [-0.3, -0.25) is 4.79 Å². The van der Waals surface area contributed by atoms with Crippen molar-refractivity contribution in [2.45, 2.75) is 45.0 Å². The molecule has 0 aliphatic heterocycles. The molecule has 0 spiro atoms. The van der Waals surface area contributed by atoms with Crippen molar-refractivity contribution in [3.63, 3.8) is 0 Å². The number of nitrogens with one attached hydrogen (secondary N) is 1. The highest BCUT2D eigenvalue weighted by molar-refractivity contribution is 5.97. The van der Waals surface area contributed by atoms with Crippen LogP contribution in [0.1, 0.15) is 52.6 Å². The monoisotopic (exact) mass is 451 g/mol. The summed E-state index contributed by atoms with van der Waals surface area (Å²) in [6, 6.07) is 8.85. The molecule has 6 nitrogen and oxygen atoms in total. The van der Waals surface area contributed by atoms with Gasteiger partial charge >= 0.3 is 18.1 Å². The Hall–Kier alpha value is -3.36. The molecule has 9 heteroatoms. The fraction of sp³-hybridized carbons (Fsp3) is 0.348. The number of alkyl halides is 3. The summed E-state index contributed by atoms with van der Waals surface area (Å²) < 4.78 is 48.1. The SMILES string of the molecule is COC(=O)[C@@H](Cc1ccc(C(=O)OC(C)(C)C)cc1)NC(=O)c1ccc(C(F)(F)F)cc1. The molecule has 0 aliphatic rings. The fourth-order valence-corrected chi connectivity index (χ4v) is 2.74. The van der Waals surface area contributed by atoms with Crippen LogP contribution in [0.5, 0.6) is 0 Å². The van der Waals surface area contributed by atoms with Gasteiger partial charge in [-0.05, 0) is 62.7 Å². The molecule has 1 N–H and O–H groups in total. The number of rotatable bonds is 6. The standard InChI is InChI=1S/C23H24F3NO5/c1-22(2,3)32-20(29)16-7-5-14(6-8-16)13-18(21(30)31-4)27-19(28)15-9-11-17(12-10-15)23(24,25)26/h5-12,18H,13H2,1-4H3,(H,27,28)/t18-/m1/s1. The molecule has 0 fully saturated rings. The Balaban J connectivity index is 2.11. The molecule has 0 unspecified atom stereocenters. The van der Waals surface area contributed by atoms with Gasteiger partial charge in [-0.1, -0.05) is 12.1 Å². The van der Waals surface area contributed by atoms with E-state index in [4.69, 9.17) is 9.47 Å². The summed E-state index contributed by atoms with van der Waals surface area (Å²) in [5.74, 6) is -1.94. The van der Waals surface area contributed by atoms with Gasteiger partial charge in [0.1, 0.15) is 11.6 Å². The minimum atomic E-state index is -4.52. The highest BCUT2D eigenvalue weighted by atomic mass is 19.4. The second-order valence-electron chi connectivity index (χ2n) is 8.03. The smallest absolute Gasteiger partial charge is 0.416 e. The van der Waals surface area contributed by atoms with Crippen LogP contribution in [0.15, 0.2) is 48.5 Å². The molecule has 0 bridgehead atoms. The molecule has 1 atom stereocenters. The van der Waals surface area contributed by atoms with Crippen LogP contribution >= 0.6 is 0 Å². The maximum Gasteiger partial charge on any atom is 0.416 e. The number of benzene rings is 2. The van der Waals surface area contributed by atoms with Gasteiger partial charge in [0.25, 0.3) is 5.91 Å². The molecule has 0 aromatic heterocycles. The number of hydrogen-bond donors (Lipinski definition) is 1. The molecule has 0 saturated carbocycles. The lowest BCUT2D eigenvalue weighted by Gasteiger charge is -2.20. The first kappa shape index (κ1) is 24.9. The maximum absolute atomic E-state index is 12.7. The van der Waals surface area contributed by atoms with E-state index in [1.165, 1.54) is 12.1 Å². The number of halogens is 3. The highest BCUT2D eigenvalue weighted by Crippen LogP contribution is 2.29. The summed E-state index contributed by atoms with van der Waals surface area (Å²) in [6.45, 7) is 5.25. The van der Waals surface area contributed by atoms with Crippen molar-refractivity contribution in [3.05, 3.63) is 70.8 Å². The van der Waals surface area contributed by atoms with Crippen molar-refractivity contribution in [2.24, 2.45) is 0 Å². The average Bonchev–Trinajstić information content (AvgIpc) is 2.71. The van der Waals surface area contributed by atoms with Crippen LogP contribution in [-0.4, -0.2) is 36.6 Å². The Labute approximate surface area is 183 Å². The molecule has 172 valence electrons. The van der Waals surface area contributed by atoms with E-state index in [1.54, 1.807) is 32.9 Å². The molecule has 0 saturated heterocycles. The van der Waals surface area contributed by atoms with E-state index in [9.17, 15) is 27.6 Å². The normalized spacial score (nSPS) is 12.6. The van der Waals surface area contributed by atoms with E-state index >= 15 is 0 Å². The van der Waals surface area contributed by atoms with Gasteiger partial charge in [0, 0.05) is 12.0 Å². The summed E-state index contributed by atoms with van der Waals surface area (Å²) in [6.07, 6.45) is -4.47. The Morgan fingerprint density at radius 3 is 1.91 bits per heavy atom. The first-order valence-corrected chi connectivity index (χ1v) is 9.68. The van der Waals surface area contributed by atoms with Crippen molar-refractivity contribution in [1.82, 2.24) is 5.32 Å². The van der Waals surface area contributed by atoms with Crippen LogP contribution in [0.2, 0.25) is 0 Å². The zero-order valence-corrected chi connectivity index (χ0v) is 18.1. The molecule has 2 aromatic carbocycles. The third-order valence-corrected chi connectivity index (χ3v) is 4.29. The molecule has 2 rings (SSSR count). The lowest BCUT2D eigenvalue weighted by atomic mass is 10.0. The zero-order valence-electron chi connectivity index (χ0n) is 18.1. The number of esters is 2. The molecular weight excluding hydrogens is 427 g/mol. The van der Waals surface area contributed by atoms with E-state index in [-0.39, 0.29) is 12.0 Å². The number of carbonyl (C=O) groups excluding carboxylic acids is 3. The summed E-state index contributed by atoms with van der Waals surface area (Å²) in [4.78, 5) is 36.7. The van der Waals surface area contributed by atoms with Gasteiger partial charge in [0.15, 0.2) is 0 Å². The topological polar surface area (TPSA) is 81.7 Å². The van der Waals surface area contributed by atoms with Crippen molar-refractivity contribution < 1.29 is 37.0 Å². The molecule has 32 heavy (non-hydrogen) atoms. The minimum Gasteiger partial charge on any atom is -0.467 e. The van der Waals surface area contributed by atoms with Crippen LogP contribution < -0.4 is 5.32 Å². The molecule has 1 amide bonds. The zero-order chi connectivity index (χ0) is 24.1. The first-order chi connectivity index (χ1) is 14.8. The summed E-state index contributed by atoms with van der Waals surface area (Å²) in [5.41, 5.74) is -0.614. The number of methoxy groups -OCH3 is 1. The van der Waals surface area contributed by atoms with Gasteiger partial charge in [-0.15, -0.1) is 0 Å². The predicted octanol–water partition coefficient (Wildman–Crippen LogP) is 4.17. The van der Waals surface area contributed by atoms with Crippen molar-refractivity contribution in [1.29, 1.82) is 0 Å². The van der Waals surface area contributed by atoms with Gasteiger partial charge in [0.2, 0.25) is 0 Å². The molecular formula is C23H24F3NO5. The van der Waals surface area contributed by atoms with Gasteiger partial charge in [-0.25, -0.2) is 9.59 Å². The molecule has 0 heterocycles. The van der Waals surface area contributed by atoms with E-state index in [2.05, 4.69) is 5.32 Å².